The fraction of sp³-hybridized carbons (Fsp3) is 0.389. The van der Waals surface area contributed by atoms with Crippen molar-refractivity contribution in [2.24, 2.45) is 5.41 Å². The minimum atomic E-state index is -0.630. The molecule has 1 aromatic heterocycles. The molecule has 0 spiro atoms. The Morgan fingerprint density at radius 3 is 2.50 bits per heavy atom. The van der Waals surface area contributed by atoms with Crippen LogP contribution in [-0.2, 0) is 20.9 Å². The summed E-state index contributed by atoms with van der Waals surface area (Å²) in [5, 5.41) is 1.12. The second kappa shape index (κ2) is 6.77. The Labute approximate surface area is 144 Å². The van der Waals surface area contributed by atoms with E-state index in [4.69, 9.17) is 20.8 Å². The molecule has 0 aliphatic carbocycles. The molecule has 0 saturated carbocycles. The highest BCUT2D eigenvalue weighted by atomic mass is 35.5. The number of halogens is 1. The first-order valence-electron chi connectivity index (χ1n) is 7.50. The van der Waals surface area contributed by atoms with E-state index in [-0.39, 0.29) is 18.8 Å². The zero-order chi connectivity index (χ0) is 18.1. The first-order chi connectivity index (χ1) is 11.1. The van der Waals surface area contributed by atoms with Crippen LogP contribution < -0.4 is 5.63 Å². The lowest BCUT2D eigenvalue weighted by atomic mass is 9.89. The number of ketones is 1. The van der Waals surface area contributed by atoms with Crippen molar-refractivity contribution in [3.05, 3.63) is 44.8 Å². The molecule has 0 aliphatic rings. The highest BCUT2D eigenvalue weighted by molar-refractivity contribution is 6.32. The molecule has 0 N–H and O–H groups in total. The molecular formula is C18H19ClO5. The van der Waals surface area contributed by atoms with E-state index in [1.807, 2.05) is 0 Å². The van der Waals surface area contributed by atoms with Crippen molar-refractivity contribution in [3.63, 3.8) is 0 Å². The smallest absolute Gasteiger partial charge is 0.336 e. The fourth-order valence-electron chi connectivity index (χ4n) is 2.07. The van der Waals surface area contributed by atoms with Gasteiger partial charge in [0.05, 0.1) is 0 Å². The molecule has 0 amide bonds. The summed E-state index contributed by atoms with van der Waals surface area (Å²) in [5.41, 5.74) is 0.490. The lowest BCUT2D eigenvalue weighted by Crippen LogP contribution is -2.24. The molecule has 24 heavy (non-hydrogen) atoms. The largest absolute Gasteiger partial charge is 0.460 e. The Balaban J connectivity index is 2.21. The van der Waals surface area contributed by atoms with E-state index in [0.29, 0.717) is 21.6 Å². The average molecular weight is 351 g/mol. The monoisotopic (exact) mass is 350 g/mol. The molecule has 0 fully saturated rings. The van der Waals surface area contributed by atoms with Crippen molar-refractivity contribution >= 4 is 34.3 Å². The number of esters is 1. The van der Waals surface area contributed by atoms with Gasteiger partial charge in [-0.1, -0.05) is 32.4 Å². The number of fused-ring (bicyclic) bond motifs is 1. The zero-order valence-corrected chi connectivity index (χ0v) is 14.8. The highest BCUT2D eigenvalue weighted by Crippen LogP contribution is 2.25. The summed E-state index contributed by atoms with van der Waals surface area (Å²) >= 11 is 6.11. The number of aryl methyl sites for hydroxylation is 1. The van der Waals surface area contributed by atoms with Crippen LogP contribution in [0.1, 0.15) is 38.3 Å². The predicted octanol–water partition coefficient (Wildman–Crippen LogP) is 3.80. The van der Waals surface area contributed by atoms with Crippen LogP contribution in [0.5, 0.6) is 0 Å². The number of carbonyl (C=O) groups is 2. The first-order valence-corrected chi connectivity index (χ1v) is 7.87. The Morgan fingerprint density at radius 2 is 1.88 bits per heavy atom. The van der Waals surface area contributed by atoms with E-state index >= 15 is 0 Å². The van der Waals surface area contributed by atoms with Crippen LogP contribution in [0.25, 0.3) is 11.0 Å². The Morgan fingerprint density at radius 1 is 1.21 bits per heavy atom. The third-order valence-corrected chi connectivity index (χ3v) is 4.05. The van der Waals surface area contributed by atoms with Crippen molar-refractivity contribution < 1.29 is 18.7 Å². The number of Topliss-reactive ketones (excluding diaryl/α,β-unsaturated/α-hetero) is 1. The van der Waals surface area contributed by atoms with E-state index in [2.05, 4.69) is 0 Å². The standard InChI is InChI=1S/C18H19ClO5/c1-10-5-14-12(7-13(10)19)11(6-17(22)24-14)9-23-16(21)8-15(20)18(2,3)4/h5-7H,8-9H2,1-4H3. The number of carbonyl (C=O) groups excluding carboxylic acids is 2. The van der Waals surface area contributed by atoms with Crippen molar-refractivity contribution in [1.82, 2.24) is 0 Å². The lowest BCUT2D eigenvalue weighted by molar-refractivity contribution is -0.148. The van der Waals surface area contributed by atoms with Gasteiger partial charge in [0.15, 0.2) is 0 Å². The van der Waals surface area contributed by atoms with Gasteiger partial charge >= 0.3 is 11.6 Å². The van der Waals surface area contributed by atoms with Gasteiger partial charge in [-0.25, -0.2) is 4.79 Å². The van der Waals surface area contributed by atoms with Gasteiger partial charge < -0.3 is 9.15 Å². The third kappa shape index (κ3) is 4.23. The van der Waals surface area contributed by atoms with E-state index < -0.39 is 17.0 Å². The third-order valence-electron chi connectivity index (χ3n) is 3.64. The molecule has 0 aliphatic heterocycles. The number of rotatable bonds is 4. The van der Waals surface area contributed by atoms with Crippen molar-refractivity contribution in [2.75, 3.05) is 0 Å². The van der Waals surface area contributed by atoms with Crippen LogP contribution in [0.4, 0.5) is 0 Å². The summed E-state index contributed by atoms with van der Waals surface area (Å²) in [4.78, 5) is 35.4. The maximum Gasteiger partial charge on any atom is 0.336 e. The summed E-state index contributed by atoms with van der Waals surface area (Å²) in [7, 11) is 0. The van der Waals surface area contributed by atoms with Crippen LogP contribution in [-0.4, -0.2) is 11.8 Å². The quantitative estimate of drug-likeness (QED) is 0.476. The molecular weight excluding hydrogens is 332 g/mol. The molecule has 5 nitrogen and oxygen atoms in total. The van der Waals surface area contributed by atoms with Crippen LogP contribution >= 0.6 is 11.6 Å². The number of hydrogen-bond donors (Lipinski definition) is 0. The van der Waals surface area contributed by atoms with Gasteiger partial charge in [0.25, 0.3) is 0 Å². The van der Waals surface area contributed by atoms with Gasteiger partial charge in [0, 0.05) is 27.5 Å². The van der Waals surface area contributed by atoms with Gasteiger partial charge in [-0.15, -0.1) is 0 Å². The highest BCUT2D eigenvalue weighted by Gasteiger charge is 2.24. The molecule has 1 heterocycles. The SMILES string of the molecule is Cc1cc2oc(=O)cc(COC(=O)CC(=O)C(C)(C)C)c2cc1Cl. The second-order valence-corrected chi connectivity index (χ2v) is 7.11. The van der Waals surface area contributed by atoms with Gasteiger partial charge in [-0.3, -0.25) is 9.59 Å². The second-order valence-electron chi connectivity index (χ2n) is 6.70. The molecule has 0 atom stereocenters. The van der Waals surface area contributed by atoms with E-state index in [0.717, 1.165) is 5.56 Å². The first kappa shape index (κ1) is 18.2. The van der Waals surface area contributed by atoms with Gasteiger partial charge in [0.1, 0.15) is 24.4 Å². The minimum absolute atomic E-state index is 0.127. The summed E-state index contributed by atoms with van der Waals surface area (Å²) < 4.78 is 10.3. The predicted molar refractivity (Wildman–Crippen MR) is 91.1 cm³/mol. The number of ether oxygens (including phenoxy) is 1. The van der Waals surface area contributed by atoms with Gasteiger partial charge in [0.2, 0.25) is 0 Å². The number of benzene rings is 1. The summed E-state index contributed by atoms with van der Waals surface area (Å²) in [5.74, 6) is -0.835. The molecule has 0 unspecified atom stereocenters. The topological polar surface area (TPSA) is 73.6 Å². The van der Waals surface area contributed by atoms with Gasteiger partial charge in [-0.05, 0) is 24.6 Å². The summed E-state index contributed by atoms with van der Waals surface area (Å²) in [6, 6.07) is 4.58. The molecule has 6 heteroatoms. The fourth-order valence-corrected chi connectivity index (χ4v) is 2.24. The Hall–Kier alpha value is -2.14. The van der Waals surface area contributed by atoms with E-state index in [1.165, 1.54) is 6.07 Å². The lowest BCUT2D eigenvalue weighted by Gasteiger charge is -2.15. The Kier molecular flexibility index (Phi) is 5.13. The molecule has 2 aromatic rings. The van der Waals surface area contributed by atoms with E-state index in [1.54, 1.807) is 39.8 Å². The van der Waals surface area contributed by atoms with Crippen LogP contribution in [0.2, 0.25) is 5.02 Å². The summed E-state index contributed by atoms with van der Waals surface area (Å²) in [6.45, 7) is 6.89. The molecule has 0 saturated heterocycles. The number of hydrogen-bond acceptors (Lipinski definition) is 5. The molecule has 0 bridgehead atoms. The Bertz CT molecular complexity index is 858. The maximum atomic E-state index is 11.9. The average Bonchev–Trinajstić information content (AvgIpc) is 2.45. The molecule has 128 valence electrons. The van der Waals surface area contributed by atoms with Crippen LogP contribution in [0.15, 0.2) is 27.4 Å². The van der Waals surface area contributed by atoms with Crippen LogP contribution in [0.3, 0.4) is 0 Å². The molecule has 2 rings (SSSR count). The minimum Gasteiger partial charge on any atom is -0.460 e. The zero-order valence-electron chi connectivity index (χ0n) is 14.1. The van der Waals surface area contributed by atoms with Crippen molar-refractivity contribution in [1.29, 1.82) is 0 Å². The van der Waals surface area contributed by atoms with Crippen LogP contribution in [0, 0.1) is 12.3 Å². The van der Waals surface area contributed by atoms with Gasteiger partial charge in [-0.2, -0.15) is 0 Å². The summed E-state index contributed by atoms with van der Waals surface area (Å²) in [6.07, 6.45) is -0.303. The molecule has 0 radical (unpaired) electrons. The van der Waals surface area contributed by atoms with Crippen molar-refractivity contribution in [2.45, 2.75) is 40.7 Å². The molecule has 1 aromatic carbocycles. The van der Waals surface area contributed by atoms with Crippen molar-refractivity contribution in [3.8, 4) is 0 Å². The normalized spacial score (nSPS) is 11.5. The maximum absolute atomic E-state index is 11.9. The van der Waals surface area contributed by atoms with E-state index in [9.17, 15) is 14.4 Å².